The Morgan fingerprint density at radius 3 is 2.69 bits per heavy atom. The van der Waals surface area contributed by atoms with Gasteiger partial charge in [-0.15, -0.1) is 0 Å². The monoisotopic (exact) mass is 234 g/mol. The minimum absolute atomic E-state index is 0. The number of phenols is 1. The van der Waals surface area contributed by atoms with Gasteiger partial charge in [0.05, 0.1) is 12.6 Å². The van der Waals surface area contributed by atoms with Crippen LogP contribution in [-0.2, 0) is 4.79 Å². The zero-order valence-corrected chi connectivity index (χ0v) is 11.1. The zero-order valence-electron chi connectivity index (χ0n) is 9.14. The number of phenolic OH excluding ortho intramolecular Hbond substituents is 1. The van der Waals surface area contributed by atoms with Crippen molar-refractivity contribution in [3.8, 4) is 11.5 Å². The number of benzene rings is 1. The number of aliphatic hydroxyl groups excluding tert-OH is 1. The van der Waals surface area contributed by atoms with Gasteiger partial charge in [-0.25, -0.2) is 0 Å². The summed E-state index contributed by atoms with van der Waals surface area (Å²) in [5.41, 5.74) is 0.108. The molecule has 0 saturated carbocycles. The molecule has 0 bridgehead atoms. The van der Waals surface area contributed by atoms with Crippen molar-refractivity contribution in [2.24, 2.45) is 0 Å². The number of ether oxygens (including phenoxy) is 1. The number of hydrogen-bond acceptors (Lipinski definition) is 5. The van der Waals surface area contributed by atoms with Crippen LogP contribution in [0.4, 0.5) is 0 Å². The van der Waals surface area contributed by atoms with Crippen molar-refractivity contribution < 1.29 is 54.4 Å². The zero-order chi connectivity index (χ0) is 11.4. The summed E-state index contributed by atoms with van der Waals surface area (Å²) in [5.74, 6) is -1.57. The third-order valence-electron chi connectivity index (χ3n) is 1.82. The maximum Gasteiger partial charge on any atom is 1.00 e. The average Bonchev–Trinajstić information content (AvgIpc) is 2.20. The molecule has 0 saturated heterocycles. The summed E-state index contributed by atoms with van der Waals surface area (Å²) in [7, 11) is 0. The number of aliphatic hydroxyl groups is 1. The van der Waals surface area contributed by atoms with Gasteiger partial charge >= 0.3 is 29.6 Å². The van der Waals surface area contributed by atoms with Crippen molar-refractivity contribution in [1.82, 2.24) is 0 Å². The molecule has 16 heavy (non-hydrogen) atoms. The molecule has 0 aromatic heterocycles. The van der Waals surface area contributed by atoms with Crippen LogP contribution in [0.5, 0.6) is 11.5 Å². The number of aliphatic carboxylic acids is 1. The average molecular weight is 234 g/mol. The molecule has 0 fully saturated rings. The molecule has 2 N–H and O–H groups in total. The van der Waals surface area contributed by atoms with Gasteiger partial charge in [0.1, 0.15) is 6.10 Å². The fourth-order valence-corrected chi connectivity index (χ4v) is 1.11. The predicted octanol–water partition coefficient (Wildman–Crippen LogP) is -3.42. The molecule has 0 aliphatic carbocycles. The number of carboxylic acid groups (broad SMARTS) is 1. The van der Waals surface area contributed by atoms with Gasteiger partial charge in [-0.1, -0.05) is 6.07 Å². The first-order valence-electron chi connectivity index (χ1n) is 4.41. The molecule has 0 spiro atoms. The van der Waals surface area contributed by atoms with Gasteiger partial charge < -0.3 is 24.9 Å². The van der Waals surface area contributed by atoms with Gasteiger partial charge in [0.25, 0.3) is 0 Å². The fourth-order valence-electron chi connectivity index (χ4n) is 1.11. The van der Waals surface area contributed by atoms with E-state index in [2.05, 4.69) is 0 Å². The normalized spacial score (nSPS) is 11.4. The van der Waals surface area contributed by atoms with Crippen molar-refractivity contribution in [2.75, 3.05) is 6.61 Å². The van der Waals surface area contributed by atoms with Crippen molar-refractivity contribution in [2.45, 2.75) is 13.0 Å². The van der Waals surface area contributed by atoms with E-state index in [4.69, 9.17) is 4.74 Å². The minimum Gasteiger partial charge on any atom is -0.547 e. The molecule has 1 aromatic rings. The van der Waals surface area contributed by atoms with Crippen LogP contribution in [0, 0.1) is 0 Å². The molecule has 0 amide bonds. The van der Waals surface area contributed by atoms with Crippen LogP contribution in [-0.4, -0.2) is 22.8 Å². The summed E-state index contributed by atoms with van der Waals surface area (Å²) in [6.45, 7) is 2.06. The number of carbonyl (C=O) groups is 1. The van der Waals surface area contributed by atoms with Crippen LogP contribution < -0.4 is 39.4 Å². The quantitative estimate of drug-likeness (QED) is 0.529. The maximum absolute atomic E-state index is 10.4. The number of hydrogen-bond donors (Lipinski definition) is 2. The predicted molar refractivity (Wildman–Crippen MR) is 49.2 cm³/mol. The van der Waals surface area contributed by atoms with Crippen LogP contribution in [0.3, 0.4) is 0 Å². The number of rotatable bonds is 4. The Hall–Kier alpha value is -0.750. The molecular formula is C10H11NaO5. The van der Waals surface area contributed by atoms with Crippen molar-refractivity contribution >= 4 is 5.97 Å². The van der Waals surface area contributed by atoms with E-state index in [1.54, 1.807) is 6.92 Å². The van der Waals surface area contributed by atoms with E-state index < -0.39 is 12.1 Å². The summed E-state index contributed by atoms with van der Waals surface area (Å²) in [5, 5.41) is 28.9. The number of aromatic hydroxyl groups is 1. The van der Waals surface area contributed by atoms with Gasteiger partial charge in [-0.3, -0.25) is 0 Å². The van der Waals surface area contributed by atoms with Crippen molar-refractivity contribution in [3.63, 3.8) is 0 Å². The van der Waals surface area contributed by atoms with E-state index >= 15 is 0 Å². The Kier molecular flexibility index (Phi) is 6.43. The molecule has 0 unspecified atom stereocenters. The molecule has 0 radical (unpaired) electrons. The number of carbonyl (C=O) groups excluding carboxylic acids is 1. The standard InChI is InChI=1S/C10H12O5.Na/c1-2-15-8-5-6(3-4-7(8)11)9(12)10(13)14;/h3-5,9,11-12H,2H2,1H3,(H,13,14);/q;+1/p-1/t9-;/m1./s1. The molecular weight excluding hydrogens is 223 g/mol. The van der Waals surface area contributed by atoms with E-state index in [-0.39, 0.29) is 46.6 Å². The summed E-state index contributed by atoms with van der Waals surface area (Å²) in [4.78, 5) is 10.4. The van der Waals surface area contributed by atoms with E-state index in [1.807, 2.05) is 0 Å². The Morgan fingerprint density at radius 2 is 2.19 bits per heavy atom. The van der Waals surface area contributed by atoms with Crippen LogP contribution in [0.1, 0.15) is 18.6 Å². The first kappa shape index (κ1) is 15.2. The SMILES string of the molecule is CCOc1cc([C@@H](O)C(=O)[O-])ccc1O.[Na+]. The van der Waals surface area contributed by atoms with Gasteiger partial charge in [0, 0.05) is 0 Å². The Bertz CT molecular complexity index is 366. The smallest absolute Gasteiger partial charge is 0.547 e. The van der Waals surface area contributed by atoms with Crippen molar-refractivity contribution in [3.05, 3.63) is 23.8 Å². The fraction of sp³-hybridized carbons (Fsp3) is 0.300. The summed E-state index contributed by atoms with van der Waals surface area (Å²) >= 11 is 0. The van der Waals surface area contributed by atoms with Gasteiger partial charge in [-0.2, -0.15) is 0 Å². The van der Waals surface area contributed by atoms with Crippen LogP contribution >= 0.6 is 0 Å². The third-order valence-corrected chi connectivity index (χ3v) is 1.82. The topological polar surface area (TPSA) is 89.8 Å². The molecule has 1 aromatic carbocycles. The molecule has 82 valence electrons. The number of carboxylic acids is 1. The summed E-state index contributed by atoms with van der Waals surface area (Å²) in [6.07, 6.45) is -1.72. The largest absolute Gasteiger partial charge is 1.00 e. The van der Waals surface area contributed by atoms with Crippen molar-refractivity contribution in [1.29, 1.82) is 0 Å². The van der Waals surface area contributed by atoms with E-state index in [0.29, 0.717) is 6.61 Å². The molecule has 1 atom stereocenters. The van der Waals surface area contributed by atoms with Gasteiger partial charge in [0.2, 0.25) is 0 Å². The third kappa shape index (κ3) is 3.68. The molecule has 6 heteroatoms. The maximum atomic E-state index is 10.4. The van der Waals surface area contributed by atoms with Gasteiger partial charge in [0.15, 0.2) is 11.5 Å². The molecule has 0 aliphatic rings. The second-order valence-electron chi connectivity index (χ2n) is 2.88. The molecule has 5 nitrogen and oxygen atoms in total. The van der Waals surface area contributed by atoms with Gasteiger partial charge in [-0.05, 0) is 24.6 Å². The molecule has 0 heterocycles. The first-order valence-corrected chi connectivity index (χ1v) is 4.41. The van der Waals surface area contributed by atoms with Crippen LogP contribution in [0.15, 0.2) is 18.2 Å². The summed E-state index contributed by atoms with van der Waals surface area (Å²) < 4.78 is 5.03. The van der Waals surface area contributed by atoms with E-state index in [0.717, 1.165) is 0 Å². The second-order valence-corrected chi connectivity index (χ2v) is 2.88. The molecule has 0 aliphatic heterocycles. The Morgan fingerprint density at radius 1 is 1.56 bits per heavy atom. The minimum atomic E-state index is -1.72. The first-order chi connectivity index (χ1) is 7.06. The van der Waals surface area contributed by atoms with E-state index in [9.17, 15) is 20.1 Å². The summed E-state index contributed by atoms with van der Waals surface area (Å²) in [6, 6.07) is 3.81. The second kappa shape index (κ2) is 6.75. The Balaban J connectivity index is 0.00000225. The van der Waals surface area contributed by atoms with Crippen LogP contribution in [0.2, 0.25) is 0 Å². The molecule has 1 rings (SSSR count). The van der Waals surface area contributed by atoms with Crippen LogP contribution in [0.25, 0.3) is 0 Å². The van der Waals surface area contributed by atoms with E-state index in [1.165, 1.54) is 18.2 Å². The Labute approximate surface area is 115 Å².